The first-order valence-corrected chi connectivity index (χ1v) is 3.88. The molecule has 0 aromatic rings. The SMILES string of the molecule is CC1(C)OCC(F)(F)C(C)(C)O1. The molecule has 0 bridgehead atoms. The minimum atomic E-state index is -2.91. The Labute approximate surface area is 70.8 Å². The van der Waals surface area contributed by atoms with E-state index in [4.69, 9.17) is 9.47 Å². The van der Waals surface area contributed by atoms with Gasteiger partial charge < -0.3 is 9.47 Å². The summed E-state index contributed by atoms with van der Waals surface area (Å²) in [5.74, 6) is -3.83. The van der Waals surface area contributed by atoms with Crippen molar-refractivity contribution in [1.82, 2.24) is 0 Å². The highest BCUT2D eigenvalue weighted by Crippen LogP contribution is 2.40. The van der Waals surface area contributed by atoms with Gasteiger partial charge in [0.1, 0.15) is 12.2 Å². The van der Waals surface area contributed by atoms with E-state index in [1.54, 1.807) is 13.8 Å². The van der Waals surface area contributed by atoms with Crippen molar-refractivity contribution >= 4 is 0 Å². The summed E-state index contributed by atoms with van der Waals surface area (Å²) in [5.41, 5.74) is -1.45. The van der Waals surface area contributed by atoms with Crippen molar-refractivity contribution in [2.24, 2.45) is 0 Å². The molecule has 0 atom stereocenters. The summed E-state index contributed by atoms with van der Waals surface area (Å²) in [6.07, 6.45) is 0. The predicted molar refractivity (Wildman–Crippen MR) is 40.1 cm³/mol. The zero-order valence-corrected chi connectivity index (χ0v) is 7.78. The van der Waals surface area contributed by atoms with Crippen LogP contribution in [0.5, 0.6) is 0 Å². The van der Waals surface area contributed by atoms with Crippen molar-refractivity contribution in [3.8, 4) is 0 Å². The first kappa shape index (κ1) is 9.86. The van der Waals surface area contributed by atoms with E-state index >= 15 is 0 Å². The predicted octanol–water partition coefficient (Wildman–Crippen LogP) is 2.18. The van der Waals surface area contributed by atoms with Crippen LogP contribution in [-0.2, 0) is 9.47 Å². The van der Waals surface area contributed by atoms with Crippen molar-refractivity contribution < 1.29 is 18.3 Å². The lowest BCUT2D eigenvalue weighted by atomic mass is 9.99. The van der Waals surface area contributed by atoms with Crippen molar-refractivity contribution in [2.75, 3.05) is 6.61 Å². The number of hydrogen-bond donors (Lipinski definition) is 0. The van der Waals surface area contributed by atoms with Gasteiger partial charge in [-0.1, -0.05) is 0 Å². The number of halogens is 2. The minimum Gasteiger partial charge on any atom is -0.344 e. The second-order valence-electron chi connectivity index (χ2n) is 4.01. The third kappa shape index (κ3) is 1.59. The van der Waals surface area contributed by atoms with Gasteiger partial charge in [-0.15, -0.1) is 0 Å². The first-order valence-electron chi connectivity index (χ1n) is 3.88. The Morgan fingerprint density at radius 2 is 1.58 bits per heavy atom. The molecule has 1 heterocycles. The Kier molecular flexibility index (Phi) is 1.96. The number of alkyl halides is 2. The molecule has 4 heteroatoms. The van der Waals surface area contributed by atoms with E-state index in [-0.39, 0.29) is 0 Å². The molecule has 1 saturated heterocycles. The van der Waals surface area contributed by atoms with Crippen LogP contribution >= 0.6 is 0 Å². The molecule has 0 aromatic heterocycles. The van der Waals surface area contributed by atoms with Crippen LogP contribution in [0.25, 0.3) is 0 Å². The molecule has 1 fully saturated rings. The van der Waals surface area contributed by atoms with Gasteiger partial charge in [-0.3, -0.25) is 0 Å². The summed E-state index contributed by atoms with van der Waals surface area (Å²) in [6.45, 7) is 5.43. The van der Waals surface area contributed by atoms with Gasteiger partial charge in [-0.2, -0.15) is 0 Å². The van der Waals surface area contributed by atoms with Crippen molar-refractivity contribution in [3.05, 3.63) is 0 Å². The van der Waals surface area contributed by atoms with Gasteiger partial charge in [0.25, 0.3) is 5.92 Å². The third-order valence-corrected chi connectivity index (χ3v) is 1.98. The molecule has 0 unspecified atom stereocenters. The molecule has 0 aliphatic carbocycles. The van der Waals surface area contributed by atoms with Gasteiger partial charge in [-0.05, 0) is 27.7 Å². The molecule has 2 nitrogen and oxygen atoms in total. The van der Waals surface area contributed by atoms with Gasteiger partial charge in [-0.25, -0.2) is 8.78 Å². The van der Waals surface area contributed by atoms with Crippen LogP contribution < -0.4 is 0 Å². The highest BCUT2D eigenvalue weighted by molar-refractivity contribution is 4.91. The van der Waals surface area contributed by atoms with E-state index < -0.39 is 23.9 Å². The molecule has 72 valence electrons. The Morgan fingerprint density at radius 3 is 1.92 bits per heavy atom. The Balaban J connectivity index is 2.82. The molecule has 0 amide bonds. The molecule has 12 heavy (non-hydrogen) atoms. The highest BCUT2D eigenvalue weighted by Gasteiger charge is 2.55. The molecule has 0 spiro atoms. The summed E-state index contributed by atoms with van der Waals surface area (Å²) in [4.78, 5) is 0. The highest BCUT2D eigenvalue weighted by atomic mass is 19.3. The first-order chi connectivity index (χ1) is 5.16. The van der Waals surface area contributed by atoms with Crippen LogP contribution in [0, 0.1) is 0 Å². The maximum Gasteiger partial charge on any atom is 0.298 e. The van der Waals surface area contributed by atoms with Crippen LogP contribution in [0.15, 0.2) is 0 Å². The Morgan fingerprint density at radius 1 is 1.08 bits per heavy atom. The maximum atomic E-state index is 13.1. The van der Waals surface area contributed by atoms with Crippen molar-refractivity contribution in [1.29, 1.82) is 0 Å². The second-order valence-corrected chi connectivity index (χ2v) is 4.01. The van der Waals surface area contributed by atoms with E-state index in [0.717, 1.165) is 0 Å². The maximum absolute atomic E-state index is 13.1. The van der Waals surface area contributed by atoms with Gasteiger partial charge in [0.15, 0.2) is 5.79 Å². The summed E-state index contributed by atoms with van der Waals surface area (Å²) >= 11 is 0. The Hall–Kier alpha value is -0.220. The van der Waals surface area contributed by atoms with Gasteiger partial charge in [0.2, 0.25) is 0 Å². The quantitative estimate of drug-likeness (QED) is 0.569. The third-order valence-electron chi connectivity index (χ3n) is 1.98. The fraction of sp³-hybridized carbons (Fsp3) is 1.00. The number of rotatable bonds is 0. The normalized spacial score (nSPS) is 31.5. The van der Waals surface area contributed by atoms with E-state index in [9.17, 15) is 8.78 Å². The van der Waals surface area contributed by atoms with E-state index in [2.05, 4.69) is 0 Å². The summed E-state index contributed by atoms with van der Waals surface area (Å²) in [5, 5.41) is 0. The summed E-state index contributed by atoms with van der Waals surface area (Å²) in [6, 6.07) is 0. The lowest BCUT2D eigenvalue weighted by molar-refractivity contribution is -0.376. The van der Waals surface area contributed by atoms with Crippen LogP contribution in [0.3, 0.4) is 0 Å². The number of ether oxygens (including phenoxy) is 2. The second kappa shape index (κ2) is 2.39. The summed E-state index contributed by atoms with van der Waals surface area (Å²) < 4.78 is 36.1. The molecule has 0 radical (unpaired) electrons. The largest absolute Gasteiger partial charge is 0.344 e. The van der Waals surface area contributed by atoms with Crippen LogP contribution in [0.4, 0.5) is 8.78 Å². The smallest absolute Gasteiger partial charge is 0.298 e. The lowest BCUT2D eigenvalue weighted by Gasteiger charge is -2.45. The molecule has 0 aromatic carbocycles. The Bertz CT molecular complexity index is 187. The van der Waals surface area contributed by atoms with Crippen LogP contribution in [0.2, 0.25) is 0 Å². The van der Waals surface area contributed by atoms with E-state index in [0.29, 0.717) is 0 Å². The molecular weight excluding hydrogens is 166 g/mol. The zero-order chi connectivity index (χ0) is 9.62. The molecular formula is C8H14F2O2. The molecule has 1 rings (SSSR count). The standard InChI is InChI=1S/C8H14F2O2/c1-6(2)8(9,10)5-11-7(3,4)12-6/h5H2,1-4H3. The average molecular weight is 180 g/mol. The van der Waals surface area contributed by atoms with Gasteiger partial charge in [0.05, 0.1) is 0 Å². The van der Waals surface area contributed by atoms with Gasteiger partial charge >= 0.3 is 0 Å². The lowest BCUT2D eigenvalue weighted by Crippen LogP contribution is -2.58. The number of hydrogen-bond acceptors (Lipinski definition) is 2. The molecule has 0 N–H and O–H groups in total. The molecule has 1 aliphatic heterocycles. The van der Waals surface area contributed by atoms with Gasteiger partial charge in [0, 0.05) is 0 Å². The molecule has 0 saturated carbocycles. The van der Waals surface area contributed by atoms with Crippen molar-refractivity contribution in [3.63, 3.8) is 0 Å². The topological polar surface area (TPSA) is 18.5 Å². The minimum absolute atomic E-state index is 0.576. The van der Waals surface area contributed by atoms with Crippen LogP contribution in [-0.4, -0.2) is 23.9 Å². The average Bonchev–Trinajstić information content (AvgIpc) is 1.79. The van der Waals surface area contributed by atoms with Crippen LogP contribution in [0.1, 0.15) is 27.7 Å². The zero-order valence-electron chi connectivity index (χ0n) is 7.78. The fourth-order valence-corrected chi connectivity index (χ4v) is 1.16. The summed E-state index contributed by atoms with van der Waals surface area (Å²) in [7, 11) is 0. The fourth-order valence-electron chi connectivity index (χ4n) is 1.16. The monoisotopic (exact) mass is 180 g/mol. The van der Waals surface area contributed by atoms with Crippen molar-refractivity contribution in [2.45, 2.75) is 45.0 Å². The van der Waals surface area contributed by atoms with E-state index in [1.807, 2.05) is 0 Å². The molecule has 1 aliphatic rings. The van der Waals surface area contributed by atoms with E-state index in [1.165, 1.54) is 13.8 Å².